The fraction of sp³-hybridized carbons (Fsp3) is 0.125. The van der Waals surface area contributed by atoms with Crippen LogP contribution < -0.4 is 0 Å². The lowest BCUT2D eigenvalue weighted by atomic mass is 10.2. The lowest BCUT2D eigenvalue weighted by Crippen LogP contribution is -1.91. The lowest BCUT2D eigenvalue weighted by Gasteiger charge is -1.98. The summed E-state index contributed by atoms with van der Waals surface area (Å²) in [5, 5.41) is 6.80. The van der Waals surface area contributed by atoms with Crippen molar-refractivity contribution >= 4 is 46.6 Å². The summed E-state index contributed by atoms with van der Waals surface area (Å²) in [6.45, 7) is 1.85. The molecule has 0 fully saturated rings. The second-order valence-electron chi connectivity index (χ2n) is 3.06. The van der Waals surface area contributed by atoms with E-state index in [2.05, 4.69) is 26.1 Å². The molecule has 0 bridgehead atoms. The molecule has 0 unspecified atom stereocenters. The van der Waals surface area contributed by atoms with Crippen LogP contribution in [0.3, 0.4) is 0 Å². The van der Waals surface area contributed by atoms with Crippen molar-refractivity contribution in [2.45, 2.75) is 11.9 Å². The Balaban J connectivity index is 2.90. The van der Waals surface area contributed by atoms with Crippen LogP contribution in [0.1, 0.15) is 5.56 Å². The Morgan fingerprint density at radius 2 is 2.13 bits per heavy atom. The van der Waals surface area contributed by atoms with Gasteiger partial charge in [0, 0.05) is 20.5 Å². The molecule has 7 heteroatoms. The minimum atomic E-state index is -3.78. The number of hydrogen-bond donors (Lipinski definition) is 1. The third kappa shape index (κ3) is 1.77. The number of benzene rings is 1. The molecule has 0 atom stereocenters. The van der Waals surface area contributed by atoms with Crippen LogP contribution in [0, 0.1) is 6.92 Å². The quantitative estimate of drug-likeness (QED) is 0.824. The highest BCUT2D eigenvalue weighted by Gasteiger charge is 2.18. The Morgan fingerprint density at radius 1 is 1.47 bits per heavy atom. The standard InChI is InChI=1S/C8H6BrClN2O2S/c1-4-6(9)3-2-5-7(4)11-12-8(5)15(10,13)14/h2-3H,1H3,(H,11,12). The van der Waals surface area contributed by atoms with E-state index in [1.165, 1.54) is 0 Å². The maximum absolute atomic E-state index is 11.2. The first kappa shape index (κ1) is 10.9. The van der Waals surface area contributed by atoms with Crippen molar-refractivity contribution in [2.24, 2.45) is 0 Å². The monoisotopic (exact) mass is 308 g/mol. The molecule has 0 saturated heterocycles. The van der Waals surface area contributed by atoms with E-state index in [1.54, 1.807) is 12.1 Å². The van der Waals surface area contributed by atoms with Crippen LogP contribution in [-0.2, 0) is 9.05 Å². The van der Waals surface area contributed by atoms with Gasteiger partial charge in [-0.15, -0.1) is 0 Å². The fourth-order valence-electron chi connectivity index (χ4n) is 1.36. The molecular formula is C8H6BrClN2O2S. The molecular weight excluding hydrogens is 304 g/mol. The van der Waals surface area contributed by atoms with Gasteiger partial charge in [0.25, 0.3) is 9.05 Å². The Kier molecular flexibility index (Phi) is 2.52. The summed E-state index contributed by atoms with van der Waals surface area (Å²) in [6.07, 6.45) is 0. The molecule has 0 amide bonds. The zero-order valence-corrected chi connectivity index (χ0v) is 10.7. The van der Waals surface area contributed by atoms with E-state index in [0.29, 0.717) is 10.9 Å². The smallest absolute Gasteiger partial charge is 0.265 e. The van der Waals surface area contributed by atoms with Crippen LogP contribution in [0.25, 0.3) is 10.9 Å². The number of H-pyrrole nitrogens is 1. The van der Waals surface area contributed by atoms with E-state index in [-0.39, 0.29) is 5.03 Å². The van der Waals surface area contributed by atoms with Crippen LogP contribution in [0.2, 0.25) is 0 Å². The molecule has 0 aliphatic heterocycles. The third-order valence-corrected chi connectivity index (χ3v) is 4.24. The second-order valence-corrected chi connectivity index (χ2v) is 6.42. The molecule has 0 aliphatic carbocycles. The predicted molar refractivity (Wildman–Crippen MR) is 61.6 cm³/mol. The number of nitrogens with one attached hydrogen (secondary N) is 1. The maximum Gasteiger partial charge on any atom is 0.278 e. The van der Waals surface area contributed by atoms with Crippen molar-refractivity contribution in [3.8, 4) is 0 Å². The van der Waals surface area contributed by atoms with E-state index in [9.17, 15) is 8.42 Å². The van der Waals surface area contributed by atoms with E-state index in [4.69, 9.17) is 10.7 Å². The lowest BCUT2D eigenvalue weighted by molar-refractivity contribution is 0.606. The first-order valence-electron chi connectivity index (χ1n) is 3.99. The highest BCUT2D eigenvalue weighted by molar-refractivity contribution is 9.10. The molecule has 2 aromatic rings. The summed E-state index contributed by atoms with van der Waals surface area (Å²) in [6, 6.07) is 3.42. The van der Waals surface area contributed by atoms with Crippen LogP contribution in [0.5, 0.6) is 0 Å². The molecule has 80 valence electrons. The molecule has 15 heavy (non-hydrogen) atoms. The largest absolute Gasteiger partial charge is 0.278 e. The molecule has 1 aromatic carbocycles. The SMILES string of the molecule is Cc1c(Br)ccc2c(S(=O)(=O)Cl)[nH]nc12. The highest BCUT2D eigenvalue weighted by atomic mass is 79.9. The first-order chi connectivity index (χ1) is 6.91. The molecule has 0 spiro atoms. The Morgan fingerprint density at radius 3 is 2.73 bits per heavy atom. The van der Waals surface area contributed by atoms with Gasteiger partial charge >= 0.3 is 0 Å². The topological polar surface area (TPSA) is 62.8 Å². The minimum absolute atomic E-state index is 0.0604. The summed E-state index contributed by atoms with van der Waals surface area (Å²) in [5.74, 6) is 0. The normalized spacial score (nSPS) is 12.2. The van der Waals surface area contributed by atoms with Crippen molar-refractivity contribution in [2.75, 3.05) is 0 Å². The summed E-state index contributed by atoms with van der Waals surface area (Å²) in [7, 11) is 1.48. The van der Waals surface area contributed by atoms with E-state index >= 15 is 0 Å². The van der Waals surface area contributed by atoms with E-state index in [1.807, 2.05) is 6.92 Å². The van der Waals surface area contributed by atoms with Gasteiger partial charge in [0.2, 0.25) is 0 Å². The number of nitrogens with zero attached hydrogens (tertiary/aromatic N) is 1. The van der Waals surface area contributed by atoms with Crippen molar-refractivity contribution in [1.82, 2.24) is 10.2 Å². The van der Waals surface area contributed by atoms with Gasteiger partial charge < -0.3 is 0 Å². The summed E-state index contributed by atoms with van der Waals surface area (Å²) < 4.78 is 23.2. The van der Waals surface area contributed by atoms with Crippen molar-refractivity contribution < 1.29 is 8.42 Å². The van der Waals surface area contributed by atoms with Crippen LogP contribution >= 0.6 is 26.6 Å². The van der Waals surface area contributed by atoms with Gasteiger partial charge in [-0.1, -0.05) is 15.9 Å². The Bertz CT molecular complexity index is 635. The zero-order chi connectivity index (χ0) is 11.2. The van der Waals surface area contributed by atoms with Gasteiger partial charge in [0.05, 0.1) is 5.52 Å². The summed E-state index contributed by atoms with van der Waals surface area (Å²) >= 11 is 3.34. The van der Waals surface area contributed by atoms with Crippen molar-refractivity contribution in [3.63, 3.8) is 0 Å². The number of hydrogen-bond acceptors (Lipinski definition) is 3. The van der Waals surface area contributed by atoms with Gasteiger partial charge in [-0.3, -0.25) is 5.10 Å². The average molecular weight is 310 g/mol. The average Bonchev–Trinajstić information content (AvgIpc) is 2.54. The van der Waals surface area contributed by atoms with E-state index in [0.717, 1.165) is 10.0 Å². The van der Waals surface area contributed by atoms with E-state index < -0.39 is 9.05 Å². The predicted octanol–water partition coefficient (Wildman–Crippen LogP) is 2.56. The molecule has 0 saturated carbocycles. The zero-order valence-electron chi connectivity index (χ0n) is 7.58. The molecule has 1 aromatic heterocycles. The van der Waals surface area contributed by atoms with Gasteiger partial charge in [-0.05, 0) is 24.6 Å². The third-order valence-electron chi connectivity index (χ3n) is 2.12. The van der Waals surface area contributed by atoms with Crippen molar-refractivity contribution in [3.05, 3.63) is 22.2 Å². The van der Waals surface area contributed by atoms with Gasteiger partial charge in [-0.2, -0.15) is 5.10 Å². The number of fused-ring (bicyclic) bond motifs is 1. The number of halogens is 2. The fourth-order valence-corrected chi connectivity index (χ4v) is 2.61. The molecule has 4 nitrogen and oxygen atoms in total. The number of aromatic amines is 1. The van der Waals surface area contributed by atoms with Gasteiger partial charge in [-0.25, -0.2) is 8.42 Å². The Labute approximate surface area is 99.2 Å². The van der Waals surface area contributed by atoms with Gasteiger partial charge in [0.15, 0.2) is 5.03 Å². The summed E-state index contributed by atoms with van der Waals surface area (Å²) in [4.78, 5) is 0. The molecule has 0 radical (unpaired) electrons. The molecule has 1 heterocycles. The molecule has 2 rings (SSSR count). The Hall–Kier alpha value is -0.590. The molecule has 0 aliphatic rings. The van der Waals surface area contributed by atoms with Crippen LogP contribution in [-0.4, -0.2) is 18.6 Å². The number of rotatable bonds is 1. The maximum atomic E-state index is 11.2. The highest BCUT2D eigenvalue weighted by Crippen LogP contribution is 2.29. The molecule has 1 N–H and O–H groups in total. The van der Waals surface area contributed by atoms with Crippen LogP contribution in [0.15, 0.2) is 21.6 Å². The minimum Gasteiger partial charge on any atom is -0.265 e. The summed E-state index contributed by atoms with van der Waals surface area (Å²) in [5.41, 5.74) is 1.47. The van der Waals surface area contributed by atoms with Crippen molar-refractivity contribution in [1.29, 1.82) is 0 Å². The van der Waals surface area contributed by atoms with Gasteiger partial charge in [0.1, 0.15) is 0 Å². The first-order valence-corrected chi connectivity index (χ1v) is 7.09. The van der Waals surface area contributed by atoms with Crippen LogP contribution in [0.4, 0.5) is 0 Å². The number of aryl methyl sites for hydroxylation is 1. The number of aromatic nitrogens is 2. The second kappa shape index (κ2) is 3.47.